The molecule has 96 valence electrons. The monoisotopic (exact) mass is 242 g/mol. The van der Waals surface area contributed by atoms with Crippen molar-refractivity contribution in [3.05, 3.63) is 59.4 Å². The summed E-state index contributed by atoms with van der Waals surface area (Å²) in [4.78, 5) is 0. The Balaban J connectivity index is 2.05. The van der Waals surface area contributed by atoms with Crippen LogP contribution in [0.1, 0.15) is 30.7 Å². The highest BCUT2D eigenvalue weighted by Gasteiger charge is 2.02. The van der Waals surface area contributed by atoms with E-state index in [-0.39, 0.29) is 0 Å². The molecule has 0 fully saturated rings. The molecule has 0 saturated heterocycles. The van der Waals surface area contributed by atoms with Gasteiger partial charge in [-0.1, -0.05) is 43.7 Å². The molecule has 1 N–H and O–H groups in total. The molecule has 2 aromatic rings. The van der Waals surface area contributed by atoms with Crippen molar-refractivity contribution >= 4 is 0 Å². The van der Waals surface area contributed by atoms with Crippen molar-refractivity contribution in [2.45, 2.75) is 39.9 Å². The first-order chi connectivity index (χ1) is 8.65. The van der Waals surface area contributed by atoms with E-state index < -0.39 is 0 Å². The van der Waals surface area contributed by atoms with Crippen LogP contribution < -0.4 is 5.32 Å². The van der Waals surface area contributed by atoms with Crippen LogP contribution in [0.3, 0.4) is 0 Å². The van der Waals surface area contributed by atoms with E-state index in [0.717, 1.165) is 13.1 Å². The smallest absolute Gasteiger partial charge is 0.0473 e. The minimum Gasteiger partial charge on any atom is -0.346 e. The summed E-state index contributed by atoms with van der Waals surface area (Å²) < 4.78 is 2.31. The fraction of sp³-hybridized carbons (Fsp3) is 0.375. The number of nitrogens with one attached hydrogen (secondary N) is 1. The Bertz CT molecular complexity index is 480. The Morgan fingerprint density at radius 1 is 1.11 bits per heavy atom. The second-order valence-corrected chi connectivity index (χ2v) is 5.15. The minimum atomic E-state index is 0.521. The zero-order valence-electron chi connectivity index (χ0n) is 11.5. The molecule has 2 heteroatoms. The van der Waals surface area contributed by atoms with Crippen molar-refractivity contribution in [2.75, 3.05) is 0 Å². The van der Waals surface area contributed by atoms with E-state index in [1.165, 1.54) is 16.8 Å². The van der Waals surface area contributed by atoms with Crippen molar-refractivity contribution in [2.24, 2.45) is 0 Å². The highest BCUT2D eigenvalue weighted by Crippen LogP contribution is 2.09. The summed E-state index contributed by atoms with van der Waals surface area (Å²) in [5.74, 6) is 0. The van der Waals surface area contributed by atoms with Gasteiger partial charge in [-0.05, 0) is 24.6 Å². The molecule has 2 nitrogen and oxygen atoms in total. The molecule has 2 rings (SSSR count). The summed E-state index contributed by atoms with van der Waals surface area (Å²) in [7, 11) is 0. The van der Waals surface area contributed by atoms with E-state index in [9.17, 15) is 0 Å². The van der Waals surface area contributed by atoms with E-state index in [1.54, 1.807) is 0 Å². The third-order valence-corrected chi connectivity index (χ3v) is 3.09. The van der Waals surface area contributed by atoms with Crippen LogP contribution in [-0.2, 0) is 13.1 Å². The molecule has 1 aromatic carbocycles. The highest BCUT2D eigenvalue weighted by molar-refractivity contribution is 5.22. The molecule has 0 aliphatic rings. The Labute approximate surface area is 110 Å². The van der Waals surface area contributed by atoms with Crippen LogP contribution in [0, 0.1) is 6.92 Å². The van der Waals surface area contributed by atoms with Crippen molar-refractivity contribution < 1.29 is 0 Å². The first kappa shape index (κ1) is 12.9. The molecule has 0 bridgehead atoms. The summed E-state index contributed by atoms with van der Waals surface area (Å²) in [6, 6.07) is 13.6. The molecule has 0 atom stereocenters. The normalized spacial score (nSPS) is 11.1. The van der Waals surface area contributed by atoms with Crippen LogP contribution in [0.15, 0.2) is 42.6 Å². The lowest BCUT2D eigenvalue weighted by Gasteiger charge is -2.12. The Morgan fingerprint density at radius 2 is 1.83 bits per heavy atom. The largest absolute Gasteiger partial charge is 0.346 e. The first-order valence-electron chi connectivity index (χ1n) is 6.58. The first-order valence-corrected chi connectivity index (χ1v) is 6.58. The molecular weight excluding hydrogens is 220 g/mol. The maximum atomic E-state index is 3.46. The predicted molar refractivity (Wildman–Crippen MR) is 76.7 cm³/mol. The van der Waals surface area contributed by atoms with E-state index in [2.05, 4.69) is 73.3 Å². The molecule has 18 heavy (non-hydrogen) atoms. The lowest BCUT2D eigenvalue weighted by atomic mass is 10.1. The third kappa shape index (κ3) is 3.47. The van der Waals surface area contributed by atoms with Gasteiger partial charge in [0.25, 0.3) is 0 Å². The van der Waals surface area contributed by atoms with Crippen LogP contribution >= 0.6 is 0 Å². The van der Waals surface area contributed by atoms with Crippen LogP contribution in [-0.4, -0.2) is 10.6 Å². The van der Waals surface area contributed by atoms with Gasteiger partial charge in [-0.15, -0.1) is 0 Å². The number of aryl methyl sites for hydroxylation is 1. The molecule has 0 saturated carbocycles. The molecule has 0 aliphatic heterocycles. The van der Waals surface area contributed by atoms with Crippen LogP contribution in [0.5, 0.6) is 0 Å². The van der Waals surface area contributed by atoms with Crippen molar-refractivity contribution in [3.63, 3.8) is 0 Å². The maximum absolute atomic E-state index is 3.46. The number of hydrogen-bond donors (Lipinski definition) is 1. The molecule has 0 spiro atoms. The van der Waals surface area contributed by atoms with E-state index in [1.807, 2.05) is 0 Å². The Morgan fingerprint density at radius 3 is 2.50 bits per heavy atom. The number of aromatic nitrogens is 1. The van der Waals surface area contributed by atoms with Gasteiger partial charge in [-0.3, -0.25) is 0 Å². The molecule has 0 radical (unpaired) electrons. The average molecular weight is 242 g/mol. The summed E-state index contributed by atoms with van der Waals surface area (Å²) in [5.41, 5.74) is 4.00. The number of hydrogen-bond acceptors (Lipinski definition) is 1. The van der Waals surface area contributed by atoms with Gasteiger partial charge in [-0.2, -0.15) is 0 Å². The fourth-order valence-corrected chi connectivity index (χ4v) is 1.96. The van der Waals surface area contributed by atoms with Gasteiger partial charge in [0.05, 0.1) is 0 Å². The number of nitrogens with zero attached hydrogens (tertiary/aromatic N) is 1. The zero-order valence-corrected chi connectivity index (χ0v) is 11.5. The van der Waals surface area contributed by atoms with Gasteiger partial charge >= 0.3 is 0 Å². The molecular formula is C16H22N2. The lowest BCUT2D eigenvalue weighted by Crippen LogP contribution is -2.23. The average Bonchev–Trinajstić information content (AvgIpc) is 2.77. The minimum absolute atomic E-state index is 0.521. The van der Waals surface area contributed by atoms with Crippen molar-refractivity contribution in [1.82, 2.24) is 9.88 Å². The number of rotatable bonds is 5. The third-order valence-electron chi connectivity index (χ3n) is 3.09. The molecule has 0 aliphatic carbocycles. The Hall–Kier alpha value is -1.54. The number of benzene rings is 1. The second kappa shape index (κ2) is 5.87. The van der Waals surface area contributed by atoms with Gasteiger partial charge in [0.15, 0.2) is 0 Å². The summed E-state index contributed by atoms with van der Waals surface area (Å²) >= 11 is 0. The van der Waals surface area contributed by atoms with Crippen LogP contribution in [0.2, 0.25) is 0 Å². The SMILES string of the molecule is Cc1ccc(Cn2cccc2CNC(C)C)cc1. The molecule has 0 amide bonds. The predicted octanol–water partition coefficient (Wildman–Crippen LogP) is 3.34. The van der Waals surface area contributed by atoms with Gasteiger partial charge in [0, 0.05) is 31.0 Å². The second-order valence-electron chi connectivity index (χ2n) is 5.15. The molecule has 1 heterocycles. The van der Waals surface area contributed by atoms with E-state index in [4.69, 9.17) is 0 Å². The van der Waals surface area contributed by atoms with Gasteiger partial charge in [0.2, 0.25) is 0 Å². The van der Waals surface area contributed by atoms with Crippen LogP contribution in [0.25, 0.3) is 0 Å². The zero-order chi connectivity index (χ0) is 13.0. The van der Waals surface area contributed by atoms with Crippen LogP contribution in [0.4, 0.5) is 0 Å². The van der Waals surface area contributed by atoms with Crippen molar-refractivity contribution in [1.29, 1.82) is 0 Å². The highest BCUT2D eigenvalue weighted by atomic mass is 15.0. The van der Waals surface area contributed by atoms with E-state index >= 15 is 0 Å². The van der Waals surface area contributed by atoms with Gasteiger partial charge in [-0.25, -0.2) is 0 Å². The summed E-state index contributed by atoms with van der Waals surface area (Å²) in [6.45, 7) is 8.34. The van der Waals surface area contributed by atoms with E-state index in [0.29, 0.717) is 6.04 Å². The summed E-state index contributed by atoms with van der Waals surface area (Å²) in [5, 5.41) is 3.46. The molecule has 1 aromatic heterocycles. The summed E-state index contributed by atoms with van der Waals surface area (Å²) in [6.07, 6.45) is 2.15. The maximum Gasteiger partial charge on any atom is 0.0473 e. The van der Waals surface area contributed by atoms with Gasteiger partial charge in [0.1, 0.15) is 0 Å². The Kier molecular flexibility index (Phi) is 4.21. The quantitative estimate of drug-likeness (QED) is 0.851. The van der Waals surface area contributed by atoms with Gasteiger partial charge < -0.3 is 9.88 Å². The molecule has 0 unspecified atom stereocenters. The lowest BCUT2D eigenvalue weighted by molar-refractivity contribution is 0.564. The fourth-order valence-electron chi connectivity index (χ4n) is 1.96. The topological polar surface area (TPSA) is 17.0 Å². The van der Waals surface area contributed by atoms with Crippen molar-refractivity contribution in [3.8, 4) is 0 Å². The standard InChI is InChI=1S/C16H22N2/c1-13(2)17-11-16-5-4-10-18(16)12-15-8-6-14(3)7-9-15/h4-10,13,17H,11-12H2,1-3H3.